The molecule has 3 aromatic rings. The highest BCUT2D eigenvalue weighted by molar-refractivity contribution is 7.89. The average Bonchev–Trinajstić information content (AvgIpc) is 3.19. The topological polar surface area (TPSA) is 125 Å². The standard InChI is InChI=1S/C21H23N3O5S/c1-14(2)16-6-8-17(9-7-16)21-23-19(29-24-21)13-28-20(25)12-5-15-3-10-18(11-4-15)30(22,26)27/h3-4,6-11,14H,5,12-13H2,1-2H3,(H2,22,26,27). The lowest BCUT2D eigenvalue weighted by Gasteiger charge is -2.04. The van der Waals surface area contributed by atoms with Crippen molar-refractivity contribution < 1.29 is 22.5 Å². The van der Waals surface area contributed by atoms with Crippen LogP contribution in [0.5, 0.6) is 0 Å². The van der Waals surface area contributed by atoms with Crippen LogP contribution in [0.3, 0.4) is 0 Å². The molecule has 0 aliphatic heterocycles. The molecule has 3 rings (SSSR count). The Morgan fingerprint density at radius 1 is 1.10 bits per heavy atom. The smallest absolute Gasteiger partial charge is 0.306 e. The Morgan fingerprint density at radius 2 is 1.77 bits per heavy atom. The number of aryl methyl sites for hydroxylation is 1. The fraction of sp³-hybridized carbons (Fsp3) is 0.286. The normalized spacial score (nSPS) is 11.6. The van der Waals surface area contributed by atoms with Gasteiger partial charge in [0.15, 0.2) is 6.61 Å². The predicted molar refractivity (Wildman–Crippen MR) is 110 cm³/mol. The van der Waals surface area contributed by atoms with Gasteiger partial charge in [-0.3, -0.25) is 4.79 Å². The van der Waals surface area contributed by atoms with Gasteiger partial charge in [0.25, 0.3) is 5.89 Å². The fourth-order valence-corrected chi connectivity index (χ4v) is 3.27. The van der Waals surface area contributed by atoms with Gasteiger partial charge in [0, 0.05) is 12.0 Å². The Kier molecular flexibility index (Phi) is 6.63. The van der Waals surface area contributed by atoms with Gasteiger partial charge in [-0.1, -0.05) is 55.4 Å². The lowest BCUT2D eigenvalue weighted by molar-refractivity contribution is -0.145. The summed E-state index contributed by atoms with van der Waals surface area (Å²) in [5.74, 6) is 0.660. The molecule has 0 bridgehead atoms. The van der Waals surface area contributed by atoms with Gasteiger partial charge in [0.05, 0.1) is 4.90 Å². The van der Waals surface area contributed by atoms with Gasteiger partial charge in [0.1, 0.15) is 0 Å². The first-order valence-corrected chi connectivity index (χ1v) is 11.0. The molecule has 30 heavy (non-hydrogen) atoms. The van der Waals surface area contributed by atoms with E-state index in [0.29, 0.717) is 18.2 Å². The Balaban J connectivity index is 1.49. The molecule has 1 heterocycles. The molecule has 0 saturated carbocycles. The van der Waals surface area contributed by atoms with Crippen molar-refractivity contribution in [1.82, 2.24) is 10.1 Å². The van der Waals surface area contributed by atoms with E-state index in [1.165, 1.54) is 17.7 Å². The quantitative estimate of drug-likeness (QED) is 0.545. The van der Waals surface area contributed by atoms with E-state index in [-0.39, 0.29) is 23.8 Å². The van der Waals surface area contributed by atoms with Crippen LogP contribution in [0.15, 0.2) is 57.9 Å². The zero-order valence-corrected chi connectivity index (χ0v) is 17.6. The van der Waals surface area contributed by atoms with Crippen LogP contribution in [0.1, 0.15) is 43.2 Å². The van der Waals surface area contributed by atoms with Crippen LogP contribution in [0.4, 0.5) is 0 Å². The van der Waals surface area contributed by atoms with E-state index in [2.05, 4.69) is 24.0 Å². The Bertz CT molecular complexity index is 1100. The van der Waals surface area contributed by atoms with E-state index in [1.807, 2.05) is 24.3 Å². The number of carbonyl (C=O) groups is 1. The van der Waals surface area contributed by atoms with Crippen LogP contribution in [0, 0.1) is 0 Å². The second kappa shape index (κ2) is 9.19. The van der Waals surface area contributed by atoms with Crippen molar-refractivity contribution >= 4 is 16.0 Å². The number of sulfonamides is 1. The molecule has 1 aromatic heterocycles. The molecule has 0 spiro atoms. The summed E-state index contributed by atoms with van der Waals surface area (Å²) in [5.41, 5.74) is 2.84. The summed E-state index contributed by atoms with van der Waals surface area (Å²) in [6, 6.07) is 13.9. The Hall–Kier alpha value is -3.04. The molecule has 2 aromatic carbocycles. The molecule has 0 unspecified atom stereocenters. The number of hydrogen-bond acceptors (Lipinski definition) is 7. The van der Waals surface area contributed by atoms with Crippen LogP contribution >= 0.6 is 0 Å². The van der Waals surface area contributed by atoms with Gasteiger partial charge in [-0.05, 0) is 35.6 Å². The minimum absolute atomic E-state index is 0.0277. The summed E-state index contributed by atoms with van der Waals surface area (Å²) < 4.78 is 32.8. The third-order valence-electron chi connectivity index (χ3n) is 4.53. The lowest BCUT2D eigenvalue weighted by atomic mass is 10.0. The van der Waals surface area contributed by atoms with E-state index in [0.717, 1.165) is 11.1 Å². The molecule has 0 aliphatic rings. The average molecular weight is 429 g/mol. The molecule has 9 heteroatoms. The minimum atomic E-state index is -3.73. The number of nitrogens with two attached hydrogens (primary N) is 1. The zero-order valence-electron chi connectivity index (χ0n) is 16.7. The van der Waals surface area contributed by atoms with Crippen molar-refractivity contribution in [2.45, 2.75) is 44.1 Å². The Morgan fingerprint density at radius 3 is 2.37 bits per heavy atom. The zero-order chi connectivity index (χ0) is 21.7. The molecule has 0 radical (unpaired) electrons. The van der Waals surface area contributed by atoms with Crippen molar-refractivity contribution in [3.05, 3.63) is 65.5 Å². The van der Waals surface area contributed by atoms with Crippen LogP contribution in [-0.2, 0) is 32.6 Å². The third kappa shape index (κ3) is 5.74. The largest absolute Gasteiger partial charge is 0.456 e. The molecule has 0 atom stereocenters. The molecular weight excluding hydrogens is 406 g/mol. The van der Waals surface area contributed by atoms with Gasteiger partial charge in [-0.2, -0.15) is 4.98 Å². The summed E-state index contributed by atoms with van der Waals surface area (Å²) in [6.07, 6.45) is 0.535. The summed E-state index contributed by atoms with van der Waals surface area (Å²) in [4.78, 5) is 16.2. The minimum Gasteiger partial charge on any atom is -0.456 e. The number of aromatic nitrogens is 2. The number of esters is 1. The van der Waals surface area contributed by atoms with Gasteiger partial charge in [0.2, 0.25) is 15.8 Å². The molecule has 8 nitrogen and oxygen atoms in total. The Labute approximate surface area is 175 Å². The SMILES string of the molecule is CC(C)c1ccc(-c2noc(COC(=O)CCc3ccc(S(N)(=O)=O)cc3)n2)cc1. The number of benzene rings is 2. The molecule has 2 N–H and O–H groups in total. The molecule has 0 aliphatic carbocycles. The van der Waals surface area contributed by atoms with Gasteiger partial charge in [-0.15, -0.1) is 0 Å². The summed E-state index contributed by atoms with van der Waals surface area (Å²) >= 11 is 0. The van der Waals surface area contributed by atoms with Crippen molar-refractivity contribution in [3.63, 3.8) is 0 Å². The summed E-state index contributed by atoms with van der Waals surface area (Å²) in [7, 11) is -3.73. The molecule has 0 fully saturated rings. The first kappa shape index (κ1) is 21.7. The number of rotatable bonds is 8. The van der Waals surface area contributed by atoms with Crippen LogP contribution in [0.25, 0.3) is 11.4 Å². The third-order valence-corrected chi connectivity index (χ3v) is 5.46. The first-order chi connectivity index (χ1) is 14.2. The highest BCUT2D eigenvalue weighted by Crippen LogP contribution is 2.20. The first-order valence-electron chi connectivity index (χ1n) is 9.42. The van der Waals surface area contributed by atoms with Crippen LogP contribution in [0.2, 0.25) is 0 Å². The van der Waals surface area contributed by atoms with Crippen LogP contribution in [-0.4, -0.2) is 24.5 Å². The second-order valence-electron chi connectivity index (χ2n) is 7.14. The fourth-order valence-electron chi connectivity index (χ4n) is 2.75. The monoisotopic (exact) mass is 429 g/mol. The van der Waals surface area contributed by atoms with E-state index in [1.54, 1.807) is 12.1 Å². The maximum Gasteiger partial charge on any atom is 0.306 e. The number of nitrogens with zero attached hydrogens (tertiary/aromatic N) is 2. The number of hydrogen-bond donors (Lipinski definition) is 1. The van der Waals surface area contributed by atoms with E-state index in [4.69, 9.17) is 14.4 Å². The van der Waals surface area contributed by atoms with Crippen molar-refractivity contribution in [2.24, 2.45) is 5.14 Å². The maximum absolute atomic E-state index is 12.0. The van der Waals surface area contributed by atoms with Gasteiger partial charge in [-0.25, -0.2) is 13.6 Å². The molecule has 0 amide bonds. The predicted octanol–water partition coefficient (Wildman–Crippen LogP) is 3.18. The molecule has 0 saturated heterocycles. The highest BCUT2D eigenvalue weighted by Gasteiger charge is 2.12. The molecule has 158 valence electrons. The summed E-state index contributed by atoms with van der Waals surface area (Å²) in [5, 5.41) is 8.98. The maximum atomic E-state index is 12.0. The van der Waals surface area contributed by atoms with Crippen LogP contribution < -0.4 is 5.14 Å². The van der Waals surface area contributed by atoms with Gasteiger partial charge < -0.3 is 9.26 Å². The number of carbonyl (C=O) groups excluding carboxylic acids is 1. The van der Waals surface area contributed by atoms with E-state index < -0.39 is 16.0 Å². The number of primary sulfonamides is 1. The highest BCUT2D eigenvalue weighted by atomic mass is 32.2. The van der Waals surface area contributed by atoms with Crippen molar-refractivity contribution in [2.75, 3.05) is 0 Å². The van der Waals surface area contributed by atoms with Crippen molar-refractivity contribution in [1.29, 1.82) is 0 Å². The van der Waals surface area contributed by atoms with E-state index >= 15 is 0 Å². The van der Waals surface area contributed by atoms with E-state index in [9.17, 15) is 13.2 Å². The lowest BCUT2D eigenvalue weighted by Crippen LogP contribution is -2.12. The molecular formula is C21H23N3O5S. The summed E-state index contributed by atoms with van der Waals surface area (Å²) in [6.45, 7) is 4.13. The van der Waals surface area contributed by atoms with Crippen molar-refractivity contribution in [3.8, 4) is 11.4 Å². The number of ether oxygens (including phenoxy) is 1. The van der Waals surface area contributed by atoms with Gasteiger partial charge >= 0.3 is 5.97 Å². The second-order valence-corrected chi connectivity index (χ2v) is 8.70.